The summed E-state index contributed by atoms with van der Waals surface area (Å²) < 4.78 is 0. The summed E-state index contributed by atoms with van der Waals surface area (Å²) in [4.78, 5) is 3.37. The first-order valence-corrected chi connectivity index (χ1v) is 10.9. The lowest BCUT2D eigenvalue weighted by Gasteiger charge is -2.20. The van der Waals surface area contributed by atoms with Crippen LogP contribution in [0.2, 0.25) is 0 Å². The Kier molecular flexibility index (Phi) is 6.96. The predicted molar refractivity (Wildman–Crippen MR) is 127 cm³/mol. The summed E-state index contributed by atoms with van der Waals surface area (Å²) >= 11 is 0. The molecule has 154 valence electrons. The van der Waals surface area contributed by atoms with Gasteiger partial charge < -0.3 is 15.6 Å². The van der Waals surface area contributed by atoms with E-state index in [2.05, 4.69) is 114 Å². The molecular formula is C27H31N3. The molecule has 0 amide bonds. The number of aromatic amines is 1. The number of aromatic nitrogens is 1. The Morgan fingerprint density at radius 3 is 2.10 bits per heavy atom. The lowest BCUT2D eigenvalue weighted by atomic mass is 9.91. The van der Waals surface area contributed by atoms with Gasteiger partial charge in [0.2, 0.25) is 0 Å². The number of fused-ring (bicyclic) bond motifs is 1. The molecule has 3 nitrogen and oxygen atoms in total. The molecule has 30 heavy (non-hydrogen) atoms. The molecule has 1 aromatic heterocycles. The highest BCUT2D eigenvalue weighted by atomic mass is 15.0. The fourth-order valence-electron chi connectivity index (χ4n) is 4.15. The van der Waals surface area contributed by atoms with Gasteiger partial charge in [0.15, 0.2) is 0 Å². The first-order chi connectivity index (χ1) is 14.8. The first kappa shape index (κ1) is 20.4. The Morgan fingerprint density at radius 2 is 1.40 bits per heavy atom. The van der Waals surface area contributed by atoms with Crippen molar-refractivity contribution in [1.29, 1.82) is 0 Å². The Balaban J connectivity index is 1.26. The van der Waals surface area contributed by atoms with Crippen LogP contribution in [0.5, 0.6) is 0 Å². The number of hydrogen-bond donors (Lipinski definition) is 3. The molecule has 0 aliphatic carbocycles. The Bertz CT molecular complexity index is 984. The molecule has 0 radical (unpaired) electrons. The topological polar surface area (TPSA) is 39.9 Å². The van der Waals surface area contributed by atoms with Crippen LogP contribution in [0.4, 0.5) is 0 Å². The van der Waals surface area contributed by atoms with E-state index in [9.17, 15) is 0 Å². The summed E-state index contributed by atoms with van der Waals surface area (Å²) in [6.07, 6.45) is 3.17. The molecule has 3 N–H and O–H groups in total. The molecule has 0 fully saturated rings. The zero-order chi connectivity index (χ0) is 20.6. The molecule has 4 aromatic rings. The largest absolute Gasteiger partial charge is 0.361 e. The molecule has 1 unspecified atom stereocenters. The second-order valence-corrected chi connectivity index (χ2v) is 8.00. The van der Waals surface area contributed by atoms with E-state index in [0.29, 0.717) is 12.0 Å². The van der Waals surface area contributed by atoms with E-state index in [1.165, 1.54) is 27.6 Å². The second-order valence-electron chi connectivity index (χ2n) is 8.00. The lowest BCUT2D eigenvalue weighted by Crippen LogP contribution is -2.35. The number of rotatable bonds is 10. The lowest BCUT2D eigenvalue weighted by molar-refractivity contribution is 0.521. The zero-order valence-electron chi connectivity index (χ0n) is 17.6. The predicted octanol–water partition coefficient (Wildman–Crippen LogP) is 5.11. The average Bonchev–Trinajstić information content (AvgIpc) is 3.20. The molecule has 0 aliphatic heterocycles. The van der Waals surface area contributed by atoms with Crippen LogP contribution in [-0.2, 0) is 6.42 Å². The van der Waals surface area contributed by atoms with Gasteiger partial charge in [0.1, 0.15) is 0 Å². The number of H-pyrrole nitrogens is 1. The molecule has 3 heteroatoms. The van der Waals surface area contributed by atoms with Crippen molar-refractivity contribution in [3.63, 3.8) is 0 Å². The van der Waals surface area contributed by atoms with Gasteiger partial charge in [0, 0.05) is 48.7 Å². The van der Waals surface area contributed by atoms with Gasteiger partial charge in [-0.2, -0.15) is 0 Å². The minimum absolute atomic E-state index is 0.371. The Hall–Kier alpha value is -2.88. The highest BCUT2D eigenvalue weighted by molar-refractivity contribution is 5.83. The average molecular weight is 398 g/mol. The number of para-hydroxylation sites is 1. The van der Waals surface area contributed by atoms with Crippen molar-refractivity contribution in [1.82, 2.24) is 15.6 Å². The third-order valence-corrected chi connectivity index (χ3v) is 5.75. The van der Waals surface area contributed by atoms with Gasteiger partial charge >= 0.3 is 0 Å². The molecule has 0 saturated carbocycles. The molecule has 0 spiro atoms. The van der Waals surface area contributed by atoms with E-state index in [0.717, 1.165) is 26.1 Å². The van der Waals surface area contributed by atoms with Gasteiger partial charge in [-0.1, -0.05) is 78.9 Å². The maximum atomic E-state index is 3.66. The Morgan fingerprint density at radius 1 is 0.767 bits per heavy atom. The van der Waals surface area contributed by atoms with Crippen molar-refractivity contribution in [2.75, 3.05) is 19.6 Å². The minimum Gasteiger partial charge on any atom is -0.361 e. The van der Waals surface area contributed by atoms with Gasteiger partial charge in [-0.25, -0.2) is 0 Å². The van der Waals surface area contributed by atoms with E-state index in [-0.39, 0.29) is 0 Å². The maximum Gasteiger partial charge on any atom is 0.0456 e. The fourth-order valence-corrected chi connectivity index (χ4v) is 4.15. The van der Waals surface area contributed by atoms with Gasteiger partial charge in [0.05, 0.1) is 0 Å². The summed E-state index contributed by atoms with van der Waals surface area (Å²) in [6.45, 7) is 5.11. The summed E-state index contributed by atoms with van der Waals surface area (Å²) in [6, 6.07) is 30.5. The summed E-state index contributed by atoms with van der Waals surface area (Å²) in [5.74, 6) is 0.371. The molecule has 1 heterocycles. The second kappa shape index (κ2) is 10.2. The van der Waals surface area contributed by atoms with Gasteiger partial charge in [-0.05, 0) is 36.1 Å². The van der Waals surface area contributed by atoms with Crippen LogP contribution >= 0.6 is 0 Å². The summed E-state index contributed by atoms with van der Waals surface area (Å²) in [5.41, 5.74) is 5.31. The Labute approximate surface area is 179 Å². The molecule has 0 saturated heterocycles. The van der Waals surface area contributed by atoms with E-state index >= 15 is 0 Å². The van der Waals surface area contributed by atoms with E-state index in [1.807, 2.05) is 0 Å². The van der Waals surface area contributed by atoms with Crippen LogP contribution in [0.3, 0.4) is 0 Å². The van der Waals surface area contributed by atoms with Crippen molar-refractivity contribution < 1.29 is 0 Å². The van der Waals surface area contributed by atoms with Crippen molar-refractivity contribution in [3.05, 3.63) is 108 Å². The van der Waals surface area contributed by atoms with Crippen molar-refractivity contribution in [3.8, 4) is 0 Å². The third-order valence-electron chi connectivity index (χ3n) is 5.75. The number of benzene rings is 3. The quantitative estimate of drug-likeness (QED) is 0.325. The SMILES string of the molecule is CC(Cc1c[nH]c2ccccc12)NCCNCC(c1ccccc1)c1ccccc1. The van der Waals surface area contributed by atoms with E-state index in [1.54, 1.807) is 0 Å². The van der Waals surface area contributed by atoms with Crippen LogP contribution in [0.15, 0.2) is 91.1 Å². The smallest absolute Gasteiger partial charge is 0.0456 e. The fraction of sp³-hybridized carbons (Fsp3) is 0.259. The molecule has 3 aromatic carbocycles. The molecule has 1 atom stereocenters. The van der Waals surface area contributed by atoms with Gasteiger partial charge in [-0.3, -0.25) is 0 Å². The highest BCUT2D eigenvalue weighted by Crippen LogP contribution is 2.23. The third kappa shape index (κ3) is 5.18. The minimum atomic E-state index is 0.371. The van der Waals surface area contributed by atoms with Gasteiger partial charge in [-0.15, -0.1) is 0 Å². The number of hydrogen-bond acceptors (Lipinski definition) is 2. The highest BCUT2D eigenvalue weighted by Gasteiger charge is 2.13. The van der Waals surface area contributed by atoms with Crippen LogP contribution in [0, 0.1) is 0 Å². The summed E-state index contributed by atoms with van der Waals surface area (Å²) in [5, 5.41) is 8.65. The van der Waals surface area contributed by atoms with Crippen LogP contribution in [-0.4, -0.2) is 30.7 Å². The molecule has 0 aliphatic rings. The molecular weight excluding hydrogens is 366 g/mol. The van der Waals surface area contributed by atoms with Crippen molar-refractivity contribution in [2.24, 2.45) is 0 Å². The van der Waals surface area contributed by atoms with E-state index < -0.39 is 0 Å². The standard InChI is InChI=1S/C27H31N3/c1-21(18-24-19-30-27-15-9-8-14-25(24)27)29-17-16-28-20-26(22-10-4-2-5-11-22)23-12-6-3-7-13-23/h2-15,19,21,26,28-30H,16-18,20H2,1H3. The monoisotopic (exact) mass is 397 g/mol. The van der Waals surface area contributed by atoms with Crippen molar-refractivity contribution >= 4 is 10.9 Å². The normalized spacial score (nSPS) is 12.5. The van der Waals surface area contributed by atoms with Crippen LogP contribution in [0.1, 0.15) is 29.5 Å². The molecule has 0 bridgehead atoms. The van der Waals surface area contributed by atoms with Crippen LogP contribution in [0.25, 0.3) is 10.9 Å². The summed E-state index contributed by atoms with van der Waals surface area (Å²) in [7, 11) is 0. The van der Waals surface area contributed by atoms with Crippen LogP contribution < -0.4 is 10.6 Å². The van der Waals surface area contributed by atoms with E-state index in [4.69, 9.17) is 0 Å². The number of nitrogens with one attached hydrogen (secondary N) is 3. The molecule has 4 rings (SSSR count). The van der Waals surface area contributed by atoms with Gasteiger partial charge in [0.25, 0.3) is 0 Å². The first-order valence-electron chi connectivity index (χ1n) is 10.9. The van der Waals surface area contributed by atoms with Crippen molar-refractivity contribution in [2.45, 2.75) is 25.3 Å². The zero-order valence-corrected chi connectivity index (χ0v) is 17.6. The maximum absolute atomic E-state index is 3.66.